The molecule has 0 saturated heterocycles. The summed E-state index contributed by atoms with van der Waals surface area (Å²) in [6.45, 7) is 5.19. The summed E-state index contributed by atoms with van der Waals surface area (Å²) in [5, 5.41) is 8.36. The molecule has 0 bridgehead atoms. The Morgan fingerprint density at radius 1 is 1.53 bits per heavy atom. The van der Waals surface area contributed by atoms with E-state index in [4.69, 9.17) is 16.3 Å². The van der Waals surface area contributed by atoms with Crippen molar-refractivity contribution in [1.82, 2.24) is 15.1 Å². The second kappa shape index (κ2) is 6.99. The van der Waals surface area contributed by atoms with Gasteiger partial charge in [0.2, 0.25) is 0 Å². The van der Waals surface area contributed by atoms with Crippen molar-refractivity contribution >= 4 is 11.6 Å². The SMILES string of the molecule is CCCNC(c1c(Cl)cnn1C)C(CC)OC. The Balaban J connectivity index is 2.96. The Labute approximate surface area is 108 Å². The van der Waals surface area contributed by atoms with Gasteiger partial charge in [0.05, 0.1) is 29.1 Å². The summed E-state index contributed by atoms with van der Waals surface area (Å²) in [4.78, 5) is 0. The van der Waals surface area contributed by atoms with Gasteiger partial charge in [-0.1, -0.05) is 25.4 Å². The summed E-state index contributed by atoms with van der Waals surface area (Å²) in [7, 11) is 3.64. The van der Waals surface area contributed by atoms with Gasteiger partial charge in [-0.05, 0) is 19.4 Å². The van der Waals surface area contributed by atoms with E-state index >= 15 is 0 Å². The first-order valence-electron chi connectivity index (χ1n) is 6.09. The number of halogens is 1. The largest absolute Gasteiger partial charge is 0.379 e. The molecule has 1 heterocycles. The van der Waals surface area contributed by atoms with E-state index in [2.05, 4.69) is 24.3 Å². The highest BCUT2D eigenvalue weighted by Crippen LogP contribution is 2.27. The number of hydrogen-bond donors (Lipinski definition) is 1. The molecule has 98 valence electrons. The minimum absolute atomic E-state index is 0.0879. The van der Waals surface area contributed by atoms with Crippen molar-refractivity contribution in [1.29, 1.82) is 0 Å². The van der Waals surface area contributed by atoms with Crippen LogP contribution < -0.4 is 5.32 Å². The van der Waals surface area contributed by atoms with Crippen molar-refractivity contribution in [3.05, 3.63) is 16.9 Å². The molecule has 0 spiro atoms. The van der Waals surface area contributed by atoms with Gasteiger partial charge in [0, 0.05) is 14.2 Å². The van der Waals surface area contributed by atoms with Crippen LogP contribution in [0, 0.1) is 0 Å². The normalized spacial score (nSPS) is 14.9. The summed E-state index contributed by atoms with van der Waals surface area (Å²) >= 11 is 6.20. The molecule has 2 unspecified atom stereocenters. The van der Waals surface area contributed by atoms with Gasteiger partial charge >= 0.3 is 0 Å². The smallest absolute Gasteiger partial charge is 0.0835 e. The predicted octanol–water partition coefficient (Wildman–Crippen LogP) is 2.54. The van der Waals surface area contributed by atoms with Crippen LogP contribution in [0.2, 0.25) is 5.02 Å². The second-order valence-corrected chi connectivity index (χ2v) is 4.52. The molecule has 17 heavy (non-hydrogen) atoms. The molecule has 0 amide bonds. The fourth-order valence-corrected chi connectivity index (χ4v) is 2.30. The van der Waals surface area contributed by atoms with E-state index in [1.165, 1.54) is 0 Å². The highest BCUT2D eigenvalue weighted by molar-refractivity contribution is 6.31. The van der Waals surface area contributed by atoms with Crippen LogP contribution >= 0.6 is 11.6 Å². The molecule has 1 aromatic rings. The number of rotatable bonds is 7. The van der Waals surface area contributed by atoms with E-state index in [0.29, 0.717) is 5.02 Å². The number of aromatic nitrogens is 2. The third-order valence-electron chi connectivity index (χ3n) is 2.92. The lowest BCUT2D eigenvalue weighted by Crippen LogP contribution is -2.35. The zero-order chi connectivity index (χ0) is 12.8. The summed E-state index contributed by atoms with van der Waals surface area (Å²) in [5.41, 5.74) is 0.994. The molecule has 1 aromatic heterocycles. The van der Waals surface area contributed by atoms with E-state index in [9.17, 15) is 0 Å². The van der Waals surface area contributed by atoms with Crippen molar-refractivity contribution in [2.45, 2.75) is 38.8 Å². The molecule has 2 atom stereocenters. The highest BCUT2D eigenvalue weighted by Gasteiger charge is 2.26. The van der Waals surface area contributed by atoms with Crippen molar-refractivity contribution in [3.8, 4) is 0 Å². The van der Waals surface area contributed by atoms with Gasteiger partial charge in [0.25, 0.3) is 0 Å². The van der Waals surface area contributed by atoms with E-state index in [1.54, 1.807) is 13.3 Å². The average molecular weight is 260 g/mol. The lowest BCUT2D eigenvalue weighted by Gasteiger charge is -2.26. The van der Waals surface area contributed by atoms with Crippen LogP contribution in [-0.2, 0) is 11.8 Å². The number of nitrogens with zero attached hydrogens (tertiary/aromatic N) is 2. The Bertz CT molecular complexity index is 317. The van der Waals surface area contributed by atoms with Crippen LogP contribution in [0.15, 0.2) is 6.20 Å². The van der Waals surface area contributed by atoms with Crippen LogP contribution in [0.5, 0.6) is 0 Å². The van der Waals surface area contributed by atoms with Gasteiger partial charge in [-0.25, -0.2) is 0 Å². The lowest BCUT2D eigenvalue weighted by atomic mass is 10.0. The molecule has 0 saturated carbocycles. The molecule has 5 heteroatoms. The van der Waals surface area contributed by atoms with Gasteiger partial charge in [0.1, 0.15) is 0 Å². The molecule has 1 rings (SSSR count). The van der Waals surface area contributed by atoms with Crippen LogP contribution in [0.3, 0.4) is 0 Å². The van der Waals surface area contributed by atoms with Crippen LogP contribution in [0.25, 0.3) is 0 Å². The first kappa shape index (κ1) is 14.5. The topological polar surface area (TPSA) is 39.1 Å². The Morgan fingerprint density at radius 2 is 2.24 bits per heavy atom. The number of hydrogen-bond acceptors (Lipinski definition) is 3. The molecular weight excluding hydrogens is 238 g/mol. The van der Waals surface area contributed by atoms with Crippen molar-refractivity contribution in [2.75, 3.05) is 13.7 Å². The van der Waals surface area contributed by atoms with Gasteiger partial charge < -0.3 is 10.1 Å². The molecule has 1 N–H and O–H groups in total. The fraction of sp³-hybridized carbons (Fsp3) is 0.750. The molecule has 0 fully saturated rings. The highest BCUT2D eigenvalue weighted by atomic mass is 35.5. The van der Waals surface area contributed by atoms with Gasteiger partial charge in [-0.2, -0.15) is 5.10 Å². The predicted molar refractivity (Wildman–Crippen MR) is 70.3 cm³/mol. The molecule has 0 aromatic carbocycles. The number of nitrogens with one attached hydrogen (secondary N) is 1. The molecular formula is C12H22ClN3O. The first-order valence-corrected chi connectivity index (χ1v) is 6.47. The second-order valence-electron chi connectivity index (χ2n) is 4.12. The van der Waals surface area contributed by atoms with E-state index in [-0.39, 0.29) is 12.1 Å². The van der Waals surface area contributed by atoms with Crippen LogP contribution in [-0.4, -0.2) is 29.5 Å². The Kier molecular flexibility index (Phi) is 5.95. The fourth-order valence-electron chi connectivity index (χ4n) is 2.01. The molecule has 0 radical (unpaired) electrons. The monoisotopic (exact) mass is 259 g/mol. The van der Waals surface area contributed by atoms with Gasteiger partial charge in [-0.3, -0.25) is 4.68 Å². The molecule has 0 aliphatic rings. The molecule has 4 nitrogen and oxygen atoms in total. The van der Waals surface area contributed by atoms with Crippen molar-refractivity contribution in [3.63, 3.8) is 0 Å². The molecule has 0 aliphatic heterocycles. The number of ether oxygens (including phenoxy) is 1. The maximum atomic E-state index is 6.20. The third kappa shape index (κ3) is 3.44. The minimum atomic E-state index is 0.0879. The zero-order valence-corrected chi connectivity index (χ0v) is 11.8. The van der Waals surface area contributed by atoms with Gasteiger partial charge in [-0.15, -0.1) is 0 Å². The standard InChI is InChI=1S/C12H22ClN3O/c1-5-7-14-11(10(6-2)17-4)12-9(13)8-15-16(12)3/h8,10-11,14H,5-7H2,1-4H3. The quantitative estimate of drug-likeness (QED) is 0.818. The number of aryl methyl sites for hydroxylation is 1. The van der Waals surface area contributed by atoms with E-state index < -0.39 is 0 Å². The van der Waals surface area contributed by atoms with E-state index in [0.717, 1.165) is 25.1 Å². The maximum Gasteiger partial charge on any atom is 0.0835 e. The molecule has 0 aliphatic carbocycles. The summed E-state index contributed by atoms with van der Waals surface area (Å²) in [5.74, 6) is 0. The summed E-state index contributed by atoms with van der Waals surface area (Å²) < 4.78 is 7.35. The number of methoxy groups -OCH3 is 1. The maximum absolute atomic E-state index is 6.20. The minimum Gasteiger partial charge on any atom is -0.379 e. The lowest BCUT2D eigenvalue weighted by molar-refractivity contribution is 0.0626. The zero-order valence-electron chi connectivity index (χ0n) is 11.0. The van der Waals surface area contributed by atoms with Crippen LogP contribution in [0.4, 0.5) is 0 Å². The summed E-state index contributed by atoms with van der Waals surface area (Å²) in [6, 6.07) is 0.0879. The third-order valence-corrected chi connectivity index (χ3v) is 3.21. The van der Waals surface area contributed by atoms with Crippen molar-refractivity contribution < 1.29 is 4.74 Å². The first-order chi connectivity index (χ1) is 8.15. The summed E-state index contributed by atoms with van der Waals surface area (Å²) in [6.07, 6.45) is 3.79. The van der Waals surface area contributed by atoms with Gasteiger partial charge in [0.15, 0.2) is 0 Å². The van der Waals surface area contributed by atoms with Crippen LogP contribution in [0.1, 0.15) is 38.4 Å². The Hall–Kier alpha value is -0.580. The Morgan fingerprint density at radius 3 is 2.65 bits per heavy atom. The average Bonchev–Trinajstić information content (AvgIpc) is 2.65. The van der Waals surface area contributed by atoms with E-state index in [1.807, 2.05) is 11.7 Å². The van der Waals surface area contributed by atoms with Crippen molar-refractivity contribution in [2.24, 2.45) is 7.05 Å².